The number of carbonyl (C=O) groups excluding carboxylic acids is 1. The van der Waals surface area contributed by atoms with Gasteiger partial charge >= 0.3 is 0 Å². The molecule has 4 heteroatoms. The second-order valence-corrected chi connectivity index (χ2v) is 3.81. The molecule has 1 rings (SSSR count). The fourth-order valence-electron chi connectivity index (χ4n) is 1.40. The van der Waals surface area contributed by atoms with Crippen molar-refractivity contribution in [3.8, 4) is 5.75 Å². The van der Waals surface area contributed by atoms with Gasteiger partial charge in [-0.2, -0.15) is 0 Å². The molecule has 0 fully saturated rings. The van der Waals surface area contributed by atoms with Gasteiger partial charge in [-0.3, -0.25) is 4.79 Å². The number of rotatable bonds is 8. The Balaban J connectivity index is 2.41. The number of benzene rings is 1. The molecule has 18 heavy (non-hydrogen) atoms. The quantitative estimate of drug-likeness (QED) is 0.685. The summed E-state index contributed by atoms with van der Waals surface area (Å²) < 4.78 is 5.41. The molecule has 0 unspecified atom stereocenters. The van der Waals surface area contributed by atoms with Gasteiger partial charge in [0.15, 0.2) is 6.61 Å². The Labute approximate surface area is 108 Å². The summed E-state index contributed by atoms with van der Waals surface area (Å²) in [6.45, 7) is 7.80. The van der Waals surface area contributed by atoms with Gasteiger partial charge in [-0.15, -0.1) is 6.58 Å². The number of amides is 1. The third kappa shape index (κ3) is 5.50. The van der Waals surface area contributed by atoms with Gasteiger partial charge in [0, 0.05) is 13.1 Å². The molecule has 0 saturated carbocycles. The zero-order valence-corrected chi connectivity index (χ0v) is 10.7. The Morgan fingerprint density at radius 3 is 3.06 bits per heavy atom. The van der Waals surface area contributed by atoms with Gasteiger partial charge < -0.3 is 15.4 Å². The van der Waals surface area contributed by atoms with Gasteiger partial charge in [-0.25, -0.2) is 0 Å². The molecule has 0 atom stereocenters. The van der Waals surface area contributed by atoms with Gasteiger partial charge in [-0.05, 0) is 24.2 Å². The van der Waals surface area contributed by atoms with Crippen LogP contribution in [0.5, 0.6) is 5.75 Å². The van der Waals surface area contributed by atoms with E-state index in [4.69, 9.17) is 4.74 Å². The van der Waals surface area contributed by atoms with Crippen molar-refractivity contribution in [2.75, 3.05) is 19.7 Å². The smallest absolute Gasteiger partial charge is 0.258 e. The molecule has 2 N–H and O–H groups in total. The summed E-state index contributed by atoms with van der Waals surface area (Å²) in [5, 5.41) is 5.90. The second kappa shape index (κ2) is 8.31. The summed E-state index contributed by atoms with van der Waals surface area (Å²) in [4.78, 5) is 11.3. The highest BCUT2D eigenvalue weighted by Gasteiger charge is 2.01. The van der Waals surface area contributed by atoms with Crippen LogP contribution >= 0.6 is 0 Å². The Kier molecular flexibility index (Phi) is 6.58. The summed E-state index contributed by atoms with van der Waals surface area (Å²) in [6, 6.07) is 7.72. The van der Waals surface area contributed by atoms with Crippen LogP contribution in [0.15, 0.2) is 36.9 Å². The van der Waals surface area contributed by atoms with Crippen LogP contribution in [0.4, 0.5) is 0 Å². The first-order valence-electron chi connectivity index (χ1n) is 6.06. The van der Waals surface area contributed by atoms with Gasteiger partial charge in [0.05, 0.1) is 0 Å². The molecule has 0 spiro atoms. The molecule has 0 aromatic heterocycles. The Morgan fingerprint density at radius 2 is 2.33 bits per heavy atom. The van der Waals surface area contributed by atoms with E-state index in [-0.39, 0.29) is 12.5 Å². The first-order chi connectivity index (χ1) is 8.76. The first-order valence-corrected chi connectivity index (χ1v) is 6.06. The Bertz CT molecular complexity index is 391. The van der Waals surface area contributed by atoms with Crippen LogP contribution in [0.1, 0.15) is 12.5 Å². The molecule has 0 saturated heterocycles. The number of carbonyl (C=O) groups is 1. The highest BCUT2D eigenvalue weighted by atomic mass is 16.5. The van der Waals surface area contributed by atoms with Crippen molar-refractivity contribution in [1.29, 1.82) is 0 Å². The molecule has 0 bridgehead atoms. The minimum Gasteiger partial charge on any atom is -0.484 e. The molecule has 0 aliphatic rings. The number of hydrogen-bond acceptors (Lipinski definition) is 3. The standard InChI is InChI=1S/C14H20N2O2/c1-3-8-16-14(17)11-18-13-7-5-6-12(9-13)10-15-4-2/h3,5-7,9,15H,1,4,8,10-11H2,2H3,(H,16,17). The van der Waals surface area contributed by atoms with Gasteiger partial charge in [0.25, 0.3) is 5.91 Å². The van der Waals surface area contributed by atoms with Crippen molar-refractivity contribution in [3.05, 3.63) is 42.5 Å². The lowest BCUT2D eigenvalue weighted by Crippen LogP contribution is -2.28. The van der Waals surface area contributed by atoms with E-state index in [0.29, 0.717) is 12.3 Å². The lowest BCUT2D eigenvalue weighted by Gasteiger charge is -2.08. The summed E-state index contributed by atoms with van der Waals surface area (Å²) in [5.74, 6) is 0.561. The maximum absolute atomic E-state index is 11.3. The molecule has 4 nitrogen and oxygen atoms in total. The van der Waals surface area contributed by atoms with E-state index in [1.165, 1.54) is 0 Å². The summed E-state index contributed by atoms with van der Waals surface area (Å²) in [6.07, 6.45) is 1.63. The Morgan fingerprint density at radius 1 is 1.50 bits per heavy atom. The van der Waals surface area contributed by atoms with Crippen LogP contribution < -0.4 is 15.4 Å². The molecule has 0 aliphatic carbocycles. The lowest BCUT2D eigenvalue weighted by atomic mass is 10.2. The van der Waals surface area contributed by atoms with Crippen LogP contribution in [-0.2, 0) is 11.3 Å². The lowest BCUT2D eigenvalue weighted by molar-refractivity contribution is -0.122. The van der Waals surface area contributed by atoms with E-state index in [1.807, 2.05) is 24.3 Å². The predicted molar refractivity (Wildman–Crippen MR) is 72.5 cm³/mol. The SMILES string of the molecule is C=CCNC(=O)COc1cccc(CNCC)c1. The molecule has 1 aromatic carbocycles. The normalized spacial score (nSPS) is 9.83. The van der Waals surface area contributed by atoms with Crippen LogP contribution in [-0.4, -0.2) is 25.6 Å². The van der Waals surface area contributed by atoms with E-state index in [0.717, 1.165) is 18.7 Å². The van der Waals surface area contributed by atoms with Crippen molar-refractivity contribution in [3.63, 3.8) is 0 Å². The van der Waals surface area contributed by atoms with Crippen molar-refractivity contribution in [1.82, 2.24) is 10.6 Å². The van der Waals surface area contributed by atoms with Crippen molar-refractivity contribution >= 4 is 5.91 Å². The average molecular weight is 248 g/mol. The summed E-state index contributed by atoms with van der Waals surface area (Å²) >= 11 is 0. The van der Waals surface area contributed by atoms with Crippen LogP contribution in [0.25, 0.3) is 0 Å². The highest BCUT2D eigenvalue weighted by Crippen LogP contribution is 2.12. The average Bonchev–Trinajstić information content (AvgIpc) is 2.41. The minimum absolute atomic E-state index is 0.0263. The molecule has 98 valence electrons. The third-order valence-corrected chi connectivity index (χ3v) is 2.29. The largest absolute Gasteiger partial charge is 0.484 e. The van der Waals surface area contributed by atoms with Crippen molar-refractivity contribution in [2.24, 2.45) is 0 Å². The molecule has 0 aliphatic heterocycles. The molecule has 0 heterocycles. The monoisotopic (exact) mass is 248 g/mol. The summed E-state index contributed by atoms with van der Waals surface area (Å²) in [7, 11) is 0. The van der Waals surface area contributed by atoms with Crippen LogP contribution in [0.3, 0.4) is 0 Å². The van der Waals surface area contributed by atoms with Crippen LogP contribution in [0.2, 0.25) is 0 Å². The molecule has 1 aromatic rings. The van der Waals surface area contributed by atoms with Gasteiger partial charge in [0.1, 0.15) is 5.75 Å². The molecular formula is C14H20N2O2. The van der Waals surface area contributed by atoms with E-state index < -0.39 is 0 Å². The Hall–Kier alpha value is -1.81. The maximum atomic E-state index is 11.3. The zero-order chi connectivity index (χ0) is 13.2. The topological polar surface area (TPSA) is 50.4 Å². The van der Waals surface area contributed by atoms with Crippen molar-refractivity contribution < 1.29 is 9.53 Å². The second-order valence-electron chi connectivity index (χ2n) is 3.81. The predicted octanol–water partition coefficient (Wildman–Crippen LogP) is 1.48. The molecule has 1 amide bonds. The first kappa shape index (κ1) is 14.3. The van der Waals surface area contributed by atoms with Crippen LogP contribution in [0, 0.1) is 0 Å². The van der Waals surface area contributed by atoms with E-state index >= 15 is 0 Å². The van der Waals surface area contributed by atoms with Gasteiger partial charge in [-0.1, -0.05) is 25.1 Å². The highest BCUT2D eigenvalue weighted by molar-refractivity contribution is 5.77. The zero-order valence-electron chi connectivity index (χ0n) is 10.7. The number of ether oxygens (including phenoxy) is 1. The van der Waals surface area contributed by atoms with Crippen molar-refractivity contribution in [2.45, 2.75) is 13.5 Å². The third-order valence-electron chi connectivity index (χ3n) is 2.29. The minimum atomic E-state index is -0.146. The number of nitrogens with one attached hydrogen (secondary N) is 2. The molecule has 0 radical (unpaired) electrons. The van der Waals surface area contributed by atoms with E-state index in [2.05, 4.69) is 24.1 Å². The van der Waals surface area contributed by atoms with E-state index in [1.54, 1.807) is 6.08 Å². The maximum Gasteiger partial charge on any atom is 0.258 e. The molecular weight excluding hydrogens is 228 g/mol. The summed E-state index contributed by atoms with van der Waals surface area (Å²) in [5.41, 5.74) is 1.14. The fraction of sp³-hybridized carbons (Fsp3) is 0.357. The number of hydrogen-bond donors (Lipinski definition) is 2. The fourth-order valence-corrected chi connectivity index (χ4v) is 1.40. The van der Waals surface area contributed by atoms with E-state index in [9.17, 15) is 4.79 Å². The van der Waals surface area contributed by atoms with Gasteiger partial charge in [0.2, 0.25) is 0 Å².